The van der Waals surface area contributed by atoms with Crippen molar-refractivity contribution in [1.82, 2.24) is 0 Å². The zero-order valence-electron chi connectivity index (χ0n) is 11.0. The van der Waals surface area contributed by atoms with Gasteiger partial charge in [-0.1, -0.05) is 35.9 Å². The molecule has 0 amide bonds. The molecule has 2 rings (SSSR count). The maximum Gasteiger partial charge on any atom is 0.0332 e. The van der Waals surface area contributed by atoms with Gasteiger partial charge in [-0.2, -0.15) is 0 Å². The van der Waals surface area contributed by atoms with Crippen molar-refractivity contribution < 1.29 is 0 Å². The van der Waals surface area contributed by atoms with Crippen molar-refractivity contribution in [2.24, 2.45) is 0 Å². The molecule has 0 fully saturated rings. The molecular formula is C16H18Cl2S. The summed E-state index contributed by atoms with van der Waals surface area (Å²) in [5.41, 5.74) is 2.39. The highest BCUT2D eigenvalue weighted by Gasteiger charge is 2.30. The Morgan fingerprint density at radius 2 is 1.89 bits per heavy atom. The first-order chi connectivity index (χ1) is 9.20. The minimum absolute atomic E-state index is 0.126. The van der Waals surface area contributed by atoms with Gasteiger partial charge in [0.2, 0.25) is 0 Å². The van der Waals surface area contributed by atoms with E-state index in [-0.39, 0.29) is 5.41 Å². The van der Waals surface area contributed by atoms with Crippen LogP contribution in [0.5, 0.6) is 0 Å². The van der Waals surface area contributed by atoms with Crippen LogP contribution in [0, 0.1) is 6.92 Å². The molecule has 0 bridgehead atoms. The van der Waals surface area contributed by atoms with Gasteiger partial charge in [0.25, 0.3) is 0 Å². The predicted molar refractivity (Wildman–Crippen MR) is 86.9 cm³/mol. The molecule has 0 spiro atoms. The molecule has 0 aliphatic carbocycles. The van der Waals surface area contributed by atoms with Crippen molar-refractivity contribution >= 4 is 34.5 Å². The quantitative estimate of drug-likeness (QED) is 0.626. The normalized spacial score (nSPS) is 11.7. The first kappa shape index (κ1) is 14.9. The number of hydrogen-bond donors (Lipinski definition) is 0. The summed E-state index contributed by atoms with van der Waals surface area (Å²) < 4.78 is 0. The van der Waals surface area contributed by atoms with Crippen LogP contribution in [0.15, 0.2) is 41.8 Å². The average Bonchev–Trinajstić information content (AvgIpc) is 2.94. The molecule has 1 aromatic carbocycles. The van der Waals surface area contributed by atoms with Crippen LogP contribution in [0.25, 0.3) is 0 Å². The lowest BCUT2D eigenvalue weighted by Crippen LogP contribution is -2.31. The van der Waals surface area contributed by atoms with Crippen LogP contribution in [0.2, 0.25) is 0 Å². The van der Waals surface area contributed by atoms with Crippen LogP contribution in [0.3, 0.4) is 0 Å². The van der Waals surface area contributed by atoms with Crippen LogP contribution in [-0.2, 0) is 11.8 Å². The largest absolute Gasteiger partial charge is 0.149 e. The van der Waals surface area contributed by atoms with Crippen LogP contribution in [-0.4, -0.2) is 11.8 Å². The highest BCUT2D eigenvalue weighted by molar-refractivity contribution is 7.09. The van der Waals surface area contributed by atoms with Crippen molar-refractivity contribution in [1.29, 1.82) is 0 Å². The molecule has 0 saturated carbocycles. The number of aryl methyl sites for hydroxylation is 2. The Balaban J connectivity index is 2.21. The van der Waals surface area contributed by atoms with E-state index >= 15 is 0 Å². The molecule has 19 heavy (non-hydrogen) atoms. The number of alkyl halides is 2. The first-order valence-electron chi connectivity index (χ1n) is 6.42. The standard InChI is InChI=1S/C16H18Cl2S/c1-13-4-2-5-14(10-13)16(11-17,12-18)8-7-15-6-3-9-19-15/h2-6,9-10H,7-8,11-12H2,1H3. The van der Waals surface area contributed by atoms with Gasteiger partial charge in [0.1, 0.15) is 0 Å². The van der Waals surface area contributed by atoms with Gasteiger partial charge in [0.05, 0.1) is 0 Å². The molecule has 102 valence electrons. The zero-order valence-corrected chi connectivity index (χ0v) is 13.4. The van der Waals surface area contributed by atoms with Crippen LogP contribution >= 0.6 is 34.5 Å². The Morgan fingerprint density at radius 3 is 2.47 bits per heavy atom. The highest BCUT2D eigenvalue weighted by atomic mass is 35.5. The third-order valence-corrected chi connectivity index (χ3v) is 5.53. The van der Waals surface area contributed by atoms with Gasteiger partial charge in [-0.05, 0) is 36.8 Å². The molecule has 0 atom stereocenters. The SMILES string of the molecule is Cc1cccc(C(CCl)(CCl)CCc2cccs2)c1. The maximum absolute atomic E-state index is 6.27. The summed E-state index contributed by atoms with van der Waals surface area (Å²) >= 11 is 14.3. The Labute approximate surface area is 129 Å². The second kappa shape index (κ2) is 6.78. The lowest BCUT2D eigenvalue weighted by atomic mass is 9.79. The van der Waals surface area contributed by atoms with Crippen LogP contribution in [0.4, 0.5) is 0 Å². The van der Waals surface area contributed by atoms with Crippen molar-refractivity contribution in [2.45, 2.75) is 25.2 Å². The Kier molecular flexibility index (Phi) is 5.32. The molecule has 1 aromatic heterocycles. The van der Waals surface area contributed by atoms with Gasteiger partial charge < -0.3 is 0 Å². The molecule has 0 N–H and O–H groups in total. The van der Waals surface area contributed by atoms with E-state index in [1.54, 1.807) is 11.3 Å². The topological polar surface area (TPSA) is 0 Å². The summed E-state index contributed by atoms with van der Waals surface area (Å²) in [6.45, 7) is 2.11. The average molecular weight is 313 g/mol. The Hall–Kier alpha value is -0.500. The number of rotatable bonds is 6. The highest BCUT2D eigenvalue weighted by Crippen LogP contribution is 2.33. The van der Waals surface area contributed by atoms with E-state index in [9.17, 15) is 0 Å². The number of hydrogen-bond acceptors (Lipinski definition) is 1. The number of thiophene rings is 1. The molecular weight excluding hydrogens is 295 g/mol. The summed E-state index contributed by atoms with van der Waals surface area (Å²) in [7, 11) is 0. The summed E-state index contributed by atoms with van der Waals surface area (Å²) in [5.74, 6) is 1.12. The van der Waals surface area contributed by atoms with Gasteiger partial charge in [0, 0.05) is 22.1 Å². The van der Waals surface area contributed by atoms with Gasteiger partial charge in [-0.25, -0.2) is 0 Å². The van der Waals surface area contributed by atoms with Gasteiger partial charge in [0.15, 0.2) is 0 Å². The Morgan fingerprint density at radius 1 is 1.11 bits per heavy atom. The molecule has 0 saturated heterocycles. The zero-order chi connectivity index (χ0) is 13.7. The first-order valence-corrected chi connectivity index (χ1v) is 8.36. The van der Waals surface area contributed by atoms with E-state index in [2.05, 4.69) is 48.7 Å². The third kappa shape index (κ3) is 3.53. The number of benzene rings is 1. The van der Waals surface area contributed by atoms with Gasteiger partial charge in [-0.3, -0.25) is 0 Å². The van der Waals surface area contributed by atoms with Crippen molar-refractivity contribution in [2.75, 3.05) is 11.8 Å². The maximum atomic E-state index is 6.27. The molecule has 2 aromatic rings. The van der Waals surface area contributed by atoms with Crippen LogP contribution in [0.1, 0.15) is 22.4 Å². The van der Waals surface area contributed by atoms with Crippen molar-refractivity contribution in [3.8, 4) is 0 Å². The minimum Gasteiger partial charge on any atom is -0.149 e. The summed E-state index contributed by atoms with van der Waals surface area (Å²) in [4.78, 5) is 1.40. The molecule has 0 nitrogen and oxygen atoms in total. The van der Waals surface area contributed by atoms with Crippen molar-refractivity contribution in [3.05, 3.63) is 57.8 Å². The van der Waals surface area contributed by atoms with Crippen LogP contribution < -0.4 is 0 Å². The predicted octanol–water partition coefficient (Wildman–Crippen LogP) is 5.40. The smallest absolute Gasteiger partial charge is 0.0332 e. The van der Waals surface area contributed by atoms with E-state index in [4.69, 9.17) is 23.2 Å². The van der Waals surface area contributed by atoms with E-state index in [0.717, 1.165) is 12.8 Å². The molecule has 3 heteroatoms. The third-order valence-electron chi connectivity index (χ3n) is 3.57. The molecule has 0 radical (unpaired) electrons. The second-order valence-corrected chi connectivity index (χ2v) is 6.56. The van der Waals surface area contributed by atoms with Crippen molar-refractivity contribution in [3.63, 3.8) is 0 Å². The molecule has 1 heterocycles. The van der Waals surface area contributed by atoms with Gasteiger partial charge >= 0.3 is 0 Å². The second-order valence-electron chi connectivity index (χ2n) is 5.00. The van der Waals surface area contributed by atoms with E-state index in [0.29, 0.717) is 11.8 Å². The number of halogens is 2. The monoisotopic (exact) mass is 312 g/mol. The lowest BCUT2D eigenvalue weighted by Gasteiger charge is -2.30. The van der Waals surface area contributed by atoms with E-state index in [1.807, 2.05) is 0 Å². The molecule has 0 aliphatic heterocycles. The van der Waals surface area contributed by atoms with E-state index < -0.39 is 0 Å². The molecule has 0 unspecified atom stereocenters. The summed E-state index contributed by atoms with van der Waals surface area (Å²) in [6.07, 6.45) is 2.02. The minimum atomic E-state index is -0.126. The lowest BCUT2D eigenvalue weighted by molar-refractivity contribution is 0.494. The van der Waals surface area contributed by atoms with E-state index in [1.165, 1.54) is 16.0 Å². The fourth-order valence-corrected chi connectivity index (χ4v) is 3.83. The van der Waals surface area contributed by atoms with Gasteiger partial charge in [-0.15, -0.1) is 34.5 Å². The fraction of sp³-hybridized carbons (Fsp3) is 0.375. The summed E-state index contributed by atoms with van der Waals surface area (Å²) in [5, 5.41) is 2.12. The summed E-state index contributed by atoms with van der Waals surface area (Å²) in [6, 6.07) is 12.8. The Bertz CT molecular complexity index is 501. The fourth-order valence-electron chi connectivity index (χ4n) is 2.26. The molecule has 0 aliphatic rings.